The van der Waals surface area contributed by atoms with Crippen LogP contribution in [0.3, 0.4) is 0 Å². The topological polar surface area (TPSA) is 51.0 Å². The van der Waals surface area contributed by atoms with E-state index < -0.39 is 0 Å². The monoisotopic (exact) mass is 408 g/mol. The molecule has 1 aromatic heterocycles. The van der Waals surface area contributed by atoms with Gasteiger partial charge in [-0.3, -0.25) is 9.36 Å². The number of hydrogen-bond acceptors (Lipinski definition) is 4. The van der Waals surface area contributed by atoms with E-state index in [1.54, 1.807) is 0 Å². The molecule has 0 radical (unpaired) electrons. The lowest BCUT2D eigenvalue weighted by molar-refractivity contribution is -0.129. The van der Waals surface area contributed by atoms with Gasteiger partial charge < -0.3 is 4.90 Å². The smallest absolute Gasteiger partial charge is 0.233 e. The summed E-state index contributed by atoms with van der Waals surface area (Å²) in [6.45, 7) is 9.58. The normalized spacial score (nSPS) is 10.9. The molecule has 0 atom stereocenters. The Morgan fingerprint density at radius 2 is 1.83 bits per heavy atom. The predicted octanol–water partition coefficient (Wildman–Crippen LogP) is 4.72. The summed E-state index contributed by atoms with van der Waals surface area (Å²) in [5.41, 5.74) is 4.55. The van der Waals surface area contributed by atoms with E-state index in [9.17, 15) is 4.79 Å². The molecular weight excluding hydrogens is 380 g/mol. The molecule has 0 N–H and O–H groups in total. The molecule has 1 amide bonds. The summed E-state index contributed by atoms with van der Waals surface area (Å²) in [4.78, 5) is 14.9. The summed E-state index contributed by atoms with van der Waals surface area (Å²) in [5, 5.41) is 9.34. The fraction of sp³-hybridized carbons (Fsp3) is 0.348. The van der Waals surface area contributed by atoms with E-state index in [4.69, 9.17) is 0 Å². The molecule has 0 bridgehead atoms. The van der Waals surface area contributed by atoms with Crippen molar-refractivity contribution < 1.29 is 4.79 Å². The van der Waals surface area contributed by atoms with Crippen LogP contribution in [0, 0.1) is 20.8 Å². The maximum atomic E-state index is 12.9. The van der Waals surface area contributed by atoms with Gasteiger partial charge in [0.05, 0.1) is 11.4 Å². The minimum absolute atomic E-state index is 0.119. The second kappa shape index (κ2) is 9.74. The van der Waals surface area contributed by atoms with E-state index >= 15 is 0 Å². The third-order valence-electron chi connectivity index (χ3n) is 4.79. The van der Waals surface area contributed by atoms with Gasteiger partial charge in [0, 0.05) is 13.1 Å². The molecule has 0 saturated carbocycles. The van der Waals surface area contributed by atoms with E-state index in [0.29, 0.717) is 12.3 Å². The average molecular weight is 409 g/mol. The zero-order valence-electron chi connectivity index (χ0n) is 17.6. The Hall–Kier alpha value is -2.60. The maximum absolute atomic E-state index is 12.9. The molecular formula is C23H28N4OS. The van der Waals surface area contributed by atoms with Crippen LogP contribution >= 0.6 is 11.8 Å². The molecule has 0 fully saturated rings. The van der Waals surface area contributed by atoms with Crippen molar-refractivity contribution in [2.45, 2.75) is 45.8 Å². The second-order valence-electron chi connectivity index (χ2n) is 7.24. The van der Waals surface area contributed by atoms with E-state index in [2.05, 4.69) is 61.3 Å². The number of thioether (sulfide) groups is 1. The van der Waals surface area contributed by atoms with Gasteiger partial charge in [0.1, 0.15) is 5.82 Å². The summed E-state index contributed by atoms with van der Waals surface area (Å²) in [6, 6.07) is 16.5. The van der Waals surface area contributed by atoms with Crippen LogP contribution in [0.4, 0.5) is 0 Å². The first kappa shape index (κ1) is 21.1. The maximum Gasteiger partial charge on any atom is 0.233 e. The summed E-state index contributed by atoms with van der Waals surface area (Å²) in [6.07, 6.45) is 0.932. The van der Waals surface area contributed by atoms with E-state index in [-0.39, 0.29) is 5.91 Å². The molecule has 3 rings (SSSR count). The lowest BCUT2D eigenvalue weighted by Crippen LogP contribution is -2.32. The zero-order valence-corrected chi connectivity index (χ0v) is 18.4. The summed E-state index contributed by atoms with van der Waals surface area (Å²) >= 11 is 1.45. The number of amides is 1. The standard InChI is InChI=1S/C23H28N4OS/c1-5-13-26(15-20-9-7-6-8-10-20)22(28)16-29-23-25-24-19(4)27(23)21-14-17(2)11-12-18(21)3/h6-12,14H,5,13,15-16H2,1-4H3. The predicted molar refractivity (Wildman–Crippen MR) is 118 cm³/mol. The number of aromatic nitrogens is 3. The molecule has 6 heteroatoms. The first-order valence-corrected chi connectivity index (χ1v) is 10.9. The van der Waals surface area contributed by atoms with Crippen LogP contribution in [0.15, 0.2) is 53.7 Å². The molecule has 29 heavy (non-hydrogen) atoms. The Balaban J connectivity index is 1.75. The van der Waals surface area contributed by atoms with Gasteiger partial charge in [-0.15, -0.1) is 10.2 Å². The van der Waals surface area contributed by atoms with Crippen molar-refractivity contribution in [3.05, 3.63) is 71.0 Å². The quantitative estimate of drug-likeness (QED) is 0.506. The fourth-order valence-electron chi connectivity index (χ4n) is 3.26. The highest BCUT2D eigenvalue weighted by molar-refractivity contribution is 7.99. The first-order chi connectivity index (χ1) is 14.0. The van der Waals surface area contributed by atoms with Gasteiger partial charge in [-0.1, -0.05) is 61.2 Å². The molecule has 152 valence electrons. The Bertz CT molecular complexity index is 968. The number of carbonyl (C=O) groups excluding carboxylic acids is 1. The van der Waals surface area contributed by atoms with Crippen LogP contribution in [-0.4, -0.2) is 37.9 Å². The van der Waals surface area contributed by atoms with Crippen LogP contribution in [0.2, 0.25) is 0 Å². The SMILES string of the molecule is CCCN(Cc1ccccc1)C(=O)CSc1nnc(C)n1-c1cc(C)ccc1C. The minimum atomic E-state index is 0.119. The summed E-state index contributed by atoms with van der Waals surface area (Å²) in [5.74, 6) is 1.28. The van der Waals surface area contributed by atoms with Gasteiger partial charge in [0.25, 0.3) is 0 Å². The zero-order chi connectivity index (χ0) is 20.8. The minimum Gasteiger partial charge on any atom is -0.338 e. The molecule has 2 aromatic carbocycles. The van der Waals surface area contributed by atoms with Gasteiger partial charge in [-0.25, -0.2) is 0 Å². The second-order valence-corrected chi connectivity index (χ2v) is 8.19. The molecule has 0 spiro atoms. The molecule has 0 unspecified atom stereocenters. The van der Waals surface area contributed by atoms with Gasteiger partial charge in [-0.05, 0) is 49.9 Å². The fourth-order valence-corrected chi connectivity index (χ4v) is 4.15. The van der Waals surface area contributed by atoms with Gasteiger partial charge >= 0.3 is 0 Å². The van der Waals surface area contributed by atoms with Crippen LogP contribution in [-0.2, 0) is 11.3 Å². The van der Waals surface area contributed by atoms with Crippen LogP contribution in [0.5, 0.6) is 0 Å². The van der Waals surface area contributed by atoms with E-state index in [1.807, 2.05) is 34.6 Å². The van der Waals surface area contributed by atoms with Crippen molar-refractivity contribution in [2.75, 3.05) is 12.3 Å². The lowest BCUT2D eigenvalue weighted by Gasteiger charge is -2.22. The first-order valence-electron chi connectivity index (χ1n) is 9.93. The average Bonchev–Trinajstić information content (AvgIpc) is 3.08. The van der Waals surface area contributed by atoms with Crippen LogP contribution in [0.25, 0.3) is 5.69 Å². The number of carbonyl (C=O) groups is 1. The van der Waals surface area contributed by atoms with Crippen molar-refractivity contribution in [1.29, 1.82) is 0 Å². The van der Waals surface area contributed by atoms with Crippen molar-refractivity contribution in [2.24, 2.45) is 0 Å². The number of rotatable bonds is 8. The highest BCUT2D eigenvalue weighted by Gasteiger charge is 2.18. The lowest BCUT2D eigenvalue weighted by atomic mass is 10.1. The van der Waals surface area contributed by atoms with Crippen molar-refractivity contribution in [3.8, 4) is 5.69 Å². The van der Waals surface area contributed by atoms with Gasteiger partial charge in [0.2, 0.25) is 5.91 Å². The number of nitrogens with zero attached hydrogens (tertiary/aromatic N) is 4. The van der Waals surface area contributed by atoms with Gasteiger partial charge in [-0.2, -0.15) is 0 Å². The highest BCUT2D eigenvalue weighted by atomic mass is 32.2. The van der Waals surface area contributed by atoms with Crippen molar-refractivity contribution in [3.63, 3.8) is 0 Å². The summed E-state index contributed by atoms with van der Waals surface area (Å²) in [7, 11) is 0. The molecule has 1 heterocycles. The Morgan fingerprint density at radius 3 is 2.55 bits per heavy atom. The molecule has 5 nitrogen and oxygen atoms in total. The van der Waals surface area contributed by atoms with E-state index in [1.165, 1.54) is 17.3 Å². The van der Waals surface area contributed by atoms with Crippen molar-refractivity contribution in [1.82, 2.24) is 19.7 Å². The molecule has 0 aliphatic rings. The van der Waals surface area contributed by atoms with Crippen LogP contribution in [0.1, 0.15) is 35.9 Å². The van der Waals surface area contributed by atoms with E-state index in [0.717, 1.165) is 40.8 Å². The number of aryl methyl sites for hydroxylation is 3. The largest absolute Gasteiger partial charge is 0.338 e. The Labute approximate surface area is 177 Å². The Kier molecular flexibility index (Phi) is 7.09. The Morgan fingerprint density at radius 1 is 1.07 bits per heavy atom. The third-order valence-corrected chi connectivity index (χ3v) is 5.70. The number of hydrogen-bond donors (Lipinski definition) is 0. The van der Waals surface area contributed by atoms with Crippen LogP contribution < -0.4 is 0 Å². The molecule has 3 aromatic rings. The highest BCUT2D eigenvalue weighted by Crippen LogP contribution is 2.25. The number of benzene rings is 2. The molecule has 0 saturated heterocycles. The van der Waals surface area contributed by atoms with Gasteiger partial charge in [0.15, 0.2) is 5.16 Å². The molecule has 0 aliphatic heterocycles. The van der Waals surface area contributed by atoms with Crippen molar-refractivity contribution >= 4 is 17.7 Å². The third kappa shape index (κ3) is 5.26. The summed E-state index contributed by atoms with van der Waals surface area (Å²) < 4.78 is 2.04. The molecule has 0 aliphatic carbocycles.